The van der Waals surface area contributed by atoms with Crippen molar-refractivity contribution in [3.05, 3.63) is 34.9 Å². The molecule has 0 radical (unpaired) electrons. The van der Waals surface area contributed by atoms with E-state index in [4.69, 9.17) is 16.7 Å². The largest absolute Gasteiger partial charge is 0.396 e. The van der Waals surface area contributed by atoms with Crippen molar-refractivity contribution in [2.45, 2.75) is 46.1 Å². The maximum absolute atomic E-state index is 9.16. The lowest BCUT2D eigenvalue weighted by molar-refractivity contribution is 0.253. The van der Waals surface area contributed by atoms with E-state index >= 15 is 0 Å². The Morgan fingerprint density at radius 2 is 2.09 bits per heavy atom. The number of hydrogen-bond donors (Lipinski definition) is 3. The fourth-order valence-electron chi connectivity index (χ4n) is 2.52. The zero-order chi connectivity index (χ0) is 17.1. The number of halogens is 1. The van der Waals surface area contributed by atoms with E-state index in [1.807, 2.05) is 18.2 Å². The monoisotopic (exact) mass is 339 g/mol. The third-order valence-corrected chi connectivity index (χ3v) is 4.02. The standard InChI is InChI=1S/C18H30ClN3O/c1-4-7-15(10-11-23)13-21-18(20-5-2)22-14(3)16-8-6-9-17(19)12-16/h6,8-9,12,14-15,23H,4-5,7,10-11,13H2,1-3H3,(H2,20,21,22). The van der Waals surface area contributed by atoms with Crippen LogP contribution in [0.1, 0.15) is 51.6 Å². The fourth-order valence-corrected chi connectivity index (χ4v) is 2.72. The Hall–Kier alpha value is -1.26. The molecule has 0 aliphatic carbocycles. The van der Waals surface area contributed by atoms with E-state index in [-0.39, 0.29) is 12.6 Å². The minimum Gasteiger partial charge on any atom is -0.396 e. The molecule has 1 aromatic rings. The molecule has 0 saturated heterocycles. The molecule has 2 unspecified atom stereocenters. The second kappa shape index (κ2) is 11.3. The summed E-state index contributed by atoms with van der Waals surface area (Å²) in [5, 5.41) is 16.6. The lowest BCUT2D eigenvalue weighted by Gasteiger charge is -2.19. The Kier molecular flexibility index (Phi) is 9.72. The highest BCUT2D eigenvalue weighted by Gasteiger charge is 2.10. The normalized spacial score (nSPS) is 14.4. The Morgan fingerprint density at radius 1 is 1.30 bits per heavy atom. The molecule has 0 bridgehead atoms. The van der Waals surface area contributed by atoms with Crippen LogP contribution in [0.5, 0.6) is 0 Å². The van der Waals surface area contributed by atoms with E-state index in [0.29, 0.717) is 5.92 Å². The number of aliphatic imine (C=N–C) groups is 1. The highest BCUT2D eigenvalue weighted by Crippen LogP contribution is 2.17. The average Bonchev–Trinajstić information content (AvgIpc) is 2.53. The summed E-state index contributed by atoms with van der Waals surface area (Å²) in [6, 6.07) is 7.97. The van der Waals surface area contributed by atoms with Crippen LogP contribution in [0.3, 0.4) is 0 Å². The topological polar surface area (TPSA) is 56.7 Å². The average molecular weight is 340 g/mol. The van der Waals surface area contributed by atoms with Crippen LogP contribution < -0.4 is 10.6 Å². The van der Waals surface area contributed by atoms with Crippen molar-refractivity contribution in [1.82, 2.24) is 10.6 Å². The lowest BCUT2D eigenvalue weighted by Crippen LogP contribution is -2.39. The third kappa shape index (κ3) is 7.71. The van der Waals surface area contributed by atoms with Gasteiger partial charge in [0.1, 0.15) is 0 Å². The molecule has 0 aliphatic heterocycles. The molecule has 130 valence electrons. The molecule has 1 aromatic carbocycles. The number of hydrogen-bond acceptors (Lipinski definition) is 2. The Balaban J connectivity index is 2.70. The SMILES string of the molecule is CCCC(CCO)CN=C(NCC)NC(C)c1cccc(Cl)c1. The van der Waals surface area contributed by atoms with Gasteiger partial charge in [0, 0.05) is 24.7 Å². The van der Waals surface area contributed by atoms with Crippen LogP contribution in [0.15, 0.2) is 29.3 Å². The van der Waals surface area contributed by atoms with Crippen LogP contribution in [-0.4, -0.2) is 30.8 Å². The molecule has 0 amide bonds. The number of aliphatic hydroxyl groups excluding tert-OH is 1. The number of benzene rings is 1. The first kappa shape index (κ1) is 19.8. The van der Waals surface area contributed by atoms with Gasteiger partial charge in [0.15, 0.2) is 5.96 Å². The van der Waals surface area contributed by atoms with Crippen molar-refractivity contribution in [3.8, 4) is 0 Å². The molecule has 0 aromatic heterocycles. The summed E-state index contributed by atoms with van der Waals surface area (Å²) < 4.78 is 0. The van der Waals surface area contributed by atoms with Crippen molar-refractivity contribution in [2.24, 2.45) is 10.9 Å². The summed E-state index contributed by atoms with van der Waals surface area (Å²) in [5.74, 6) is 1.24. The van der Waals surface area contributed by atoms with E-state index in [9.17, 15) is 0 Å². The van der Waals surface area contributed by atoms with Crippen molar-refractivity contribution < 1.29 is 5.11 Å². The summed E-state index contributed by atoms with van der Waals surface area (Å²) in [5.41, 5.74) is 1.13. The minimum atomic E-state index is 0.119. The van der Waals surface area contributed by atoms with Crippen LogP contribution >= 0.6 is 11.6 Å². The minimum absolute atomic E-state index is 0.119. The smallest absolute Gasteiger partial charge is 0.191 e. The van der Waals surface area contributed by atoms with Crippen LogP contribution in [0.2, 0.25) is 5.02 Å². The van der Waals surface area contributed by atoms with Gasteiger partial charge in [0.2, 0.25) is 0 Å². The van der Waals surface area contributed by atoms with E-state index in [0.717, 1.165) is 48.9 Å². The molecular formula is C18H30ClN3O. The van der Waals surface area contributed by atoms with Crippen molar-refractivity contribution in [2.75, 3.05) is 19.7 Å². The van der Waals surface area contributed by atoms with Gasteiger partial charge in [-0.25, -0.2) is 0 Å². The molecule has 0 heterocycles. The predicted octanol–water partition coefficient (Wildman–Crippen LogP) is 3.75. The molecular weight excluding hydrogens is 310 g/mol. The molecule has 3 N–H and O–H groups in total. The molecule has 5 heteroatoms. The van der Waals surface area contributed by atoms with Crippen LogP contribution in [0, 0.1) is 5.92 Å². The maximum atomic E-state index is 9.16. The molecule has 0 fully saturated rings. The molecule has 4 nitrogen and oxygen atoms in total. The van der Waals surface area contributed by atoms with Gasteiger partial charge in [-0.15, -0.1) is 0 Å². The number of guanidine groups is 1. The van der Waals surface area contributed by atoms with Crippen molar-refractivity contribution >= 4 is 17.6 Å². The van der Waals surface area contributed by atoms with Crippen molar-refractivity contribution in [1.29, 1.82) is 0 Å². The first-order valence-corrected chi connectivity index (χ1v) is 8.89. The first-order valence-electron chi connectivity index (χ1n) is 8.51. The highest BCUT2D eigenvalue weighted by molar-refractivity contribution is 6.30. The summed E-state index contributed by atoms with van der Waals surface area (Å²) in [7, 11) is 0. The quantitative estimate of drug-likeness (QED) is 0.474. The summed E-state index contributed by atoms with van der Waals surface area (Å²) >= 11 is 6.06. The van der Waals surface area contributed by atoms with Gasteiger partial charge in [-0.2, -0.15) is 0 Å². The molecule has 1 rings (SSSR count). The number of nitrogens with one attached hydrogen (secondary N) is 2. The van der Waals surface area contributed by atoms with Gasteiger partial charge >= 0.3 is 0 Å². The van der Waals surface area contributed by atoms with E-state index in [1.54, 1.807) is 0 Å². The fraction of sp³-hybridized carbons (Fsp3) is 0.611. The number of rotatable bonds is 9. The van der Waals surface area contributed by atoms with Gasteiger partial charge in [0.05, 0.1) is 6.04 Å². The molecule has 2 atom stereocenters. The molecule has 23 heavy (non-hydrogen) atoms. The second-order valence-electron chi connectivity index (χ2n) is 5.81. The zero-order valence-corrected chi connectivity index (χ0v) is 15.2. The van der Waals surface area contributed by atoms with Gasteiger partial charge in [-0.3, -0.25) is 4.99 Å². The Labute approximate surface area is 145 Å². The van der Waals surface area contributed by atoms with E-state index in [2.05, 4.69) is 42.5 Å². The highest BCUT2D eigenvalue weighted by atomic mass is 35.5. The van der Waals surface area contributed by atoms with Crippen LogP contribution in [-0.2, 0) is 0 Å². The number of nitrogens with zero attached hydrogens (tertiary/aromatic N) is 1. The van der Waals surface area contributed by atoms with Gasteiger partial charge < -0.3 is 15.7 Å². The molecule has 0 aliphatic rings. The number of aliphatic hydroxyl groups is 1. The summed E-state index contributed by atoms with van der Waals surface area (Å²) in [4.78, 5) is 4.69. The van der Waals surface area contributed by atoms with Crippen LogP contribution in [0.25, 0.3) is 0 Å². The maximum Gasteiger partial charge on any atom is 0.191 e. The van der Waals surface area contributed by atoms with Gasteiger partial charge in [-0.05, 0) is 50.3 Å². The van der Waals surface area contributed by atoms with E-state index < -0.39 is 0 Å². The third-order valence-electron chi connectivity index (χ3n) is 3.79. The zero-order valence-electron chi connectivity index (χ0n) is 14.5. The van der Waals surface area contributed by atoms with E-state index in [1.165, 1.54) is 0 Å². The van der Waals surface area contributed by atoms with Gasteiger partial charge in [-0.1, -0.05) is 37.1 Å². The molecule has 0 spiro atoms. The first-order chi connectivity index (χ1) is 11.1. The van der Waals surface area contributed by atoms with Gasteiger partial charge in [0.25, 0.3) is 0 Å². The predicted molar refractivity (Wildman–Crippen MR) is 99.1 cm³/mol. The molecule has 0 saturated carbocycles. The van der Waals surface area contributed by atoms with Crippen molar-refractivity contribution in [3.63, 3.8) is 0 Å². The van der Waals surface area contributed by atoms with Crippen LogP contribution in [0.4, 0.5) is 0 Å². The Morgan fingerprint density at radius 3 is 2.70 bits per heavy atom. The Bertz CT molecular complexity index is 473. The summed E-state index contributed by atoms with van der Waals surface area (Å²) in [6.07, 6.45) is 3.01. The lowest BCUT2D eigenvalue weighted by atomic mass is 10.0. The summed E-state index contributed by atoms with van der Waals surface area (Å²) in [6.45, 7) is 8.08. The second-order valence-corrected chi connectivity index (χ2v) is 6.24.